The maximum absolute atomic E-state index is 13.2. The van der Waals surface area contributed by atoms with Crippen molar-refractivity contribution >= 4 is 5.91 Å². The number of morpholine rings is 1. The number of hydrogen-bond acceptors (Lipinski definition) is 3. The number of carbonyl (C=O) groups is 1. The lowest BCUT2D eigenvalue weighted by Gasteiger charge is -2.38. The molecule has 2 aromatic carbocycles. The molecule has 0 saturated carbocycles. The van der Waals surface area contributed by atoms with Gasteiger partial charge in [-0.3, -0.25) is 4.79 Å². The van der Waals surface area contributed by atoms with Crippen molar-refractivity contribution in [3.8, 4) is 5.69 Å². The van der Waals surface area contributed by atoms with Gasteiger partial charge in [0.25, 0.3) is 5.91 Å². The standard InChI is InChI=1S/C21H21N3O2/c1-16-14-26-20(17-6-3-2-4-7-17)13-24(16)21(25)18-8-5-9-19(12-18)23-11-10-22-15-23/h2-12,15-16,20H,13-14H2,1H3/t16-,20-/m0/s1. The highest BCUT2D eigenvalue weighted by atomic mass is 16.5. The fourth-order valence-electron chi connectivity index (χ4n) is 3.29. The quantitative estimate of drug-likeness (QED) is 0.729. The number of nitrogens with zero attached hydrogens (tertiary/aromatic N) is 3. The smallest absolute Gasteiger partial charge is 0.254 e. The van der Waals surface area contributed by atoms with Crippen LogP contribution in [0.15, 0.2) is 73.3 Å². The molecule has 0 N–H and O–H groups in total. The zero-order valence-corrected chi connectivity index (χ0v) is 14.7. The van der Waals surface area contributed by atoms with E-state index in [1.807, 2.05) is 77.2 Å². The summed E-state index contributed by atoms with van der Waals surface area (Å²) in [6.45, 7) is 3.12. The lowest BCUT2D eigenvalue weighted by molar-refractivity contribution is -0.0486. The topological polar surface area (TPSA) is 47.4 Å². The first kappa shape index (κ1) is 16.5. The van der Waals surface area contributed by atoms with Gasteiger partial charge in [-0.2, -0.15) is 0 Å². The van der Waals surface area contributed by atoms with Gasteiger partial charge in [0.2, 0.25) is 0 Å². The van der Waals surface area contributed by atoms with E-state index in [0.717, 1.165) is 11.3 Å². The normalized spacial score (nSPS) is 20.1. The predicted molar refractivity (Wildman–Crippen MR) is 99.2 cm³/mol. The maximum atomic E-state index is 13.2. The Bertz CT molecular complexity index is 877. The molecule has 2 heterocycles. The van der Waals surface area contributed by atoms with Crippen LogP contribution in [0.4, 0.5) is 0 Å². The lowest BCUT2D eigenvalue weighted by Crippen LogP contribution is -2.48. The Morgan fingerprint density at radius 3 is 2.77 bits per heavy atom. The van der Waals surface area contributed by atoms with E-state index in [9.17, 15) is 4.79 Å². The van der Waals surface area contributed by atoms with E-state index in [4.69, 9.17) is 4.74 Å². The molecule has 1 fully saturated rings. The van der Waals surface area contributed by atoms with Crippen molar-refractivity contribution in [1.82, 2.24) is 14.5 Å². The molecule has 0 unspecified atom stereocenters. The van der Waals surface area contributed by atoms with Crippen LogP contribution in [0.5, 0.6) is 0 Å². The van der Waals surface area contributed by atoms with Gasteiger partial charge >= 0.3 is 0 Å². The zero-order valence-electron chi connectivity index (χ0n) is 14.7. The number of imidazole rings is 1. The van der Waals surface area contributed by atoms with Crippen molar-refractivity contribution in [3.63, 3.8) is 0 Å². The van der Waals surface area contributed by atoms with Gasteiger partial charge in [-0.25, -0.2) is 4.98 Å². The van der Waals surface area contributed by atoms with Crippen molar-refractivity contribution in [1.29, 1.82) is 0 Å². The third kappa shape index (κ3) is 3.26. The summed E-state index contributed by atoms with van der Waals surface area (Å²) in [6, 6.07) is 17.8. The Morgan fingerprint density at radius 1 is 1.15 bits per heavy atom. The second-order valence-electron chi connectivity index (χ2n) is 6.56. The van der Waals surface area contributed by atoms with Crippen LogP contribution in [0.25, 0.3) is 5.69 Å². The SMILES string of the molecule is C[C@H]1CO[C@H](c2ccccc2)CN1C(=O)c1cccc(-n2ccnc2)c1. The molecule has 5 heteroatoms. The lowest BCUT2D eigenvalue weighted by atomic mass is 10.0. The number of amides is 1. The summed E-state index contributed by atoms with van der Waals surface area (Å²) in [7, 11) is 0. The maximum Gasteiger partial charge on any atom is 0.254 e. The molecule has 0 bridgehead atoms. The first-order valence-corrected chi connectivity index (χ1v) is 8.78. The molecule has 132 valence electrons. The number of carbonyl (C=O) groups excluding carboxylic acids is 1. The van der Waals surface area contributed by atoms with Crippen LogP contribution in [-0.4, -0.2) is 39.6 Å². The Morgan fingerprint density at radius 2 is 2.00 bits per heavy atom. The zero-order chi connectivity index (χ0) is 17.9. The molecule has 3 aromatic rings. The minimum absolute atomic E-state index is 0.0312. The van der Waals surface area contributed by atoms with E-state index in [-0.39, 0.29) is 18.1 Å². The first-order chi connectivity index (χ1) is 12.7. The molecular weight excluding hydrogens is 326 g/mol. The molecule has 1 aliphatic rings. The summed E-state index contributed by atoms with van der Waals surface area (Å²) in [4.78, 5) is 19.1. The van der Waals surface area contributed by atoms with Crippen molar-refractivity contribution in [2.24, 2.45) is 0 Å². The molecule has 1 saturated heterocycles. The molecule has 0 radical (unpaired) electrons. The molecule has 2 atom stereocenters. The fourth-order valence-corrected chi connectivity index (χ4v) is 3.29. The van der Waals surface area contributed by atoms with Crippen LogP contribution in [-0.2, 0) is 4.74 Å². The van der Waals surface area contributed by atoms with Crippen LogP contribution < -0.4 is 0 Å². The van der Waals surface area contributed by atoms with Crippen molar-refractivity contribution in [3.05, 3.63) is 84.4 Å². The van der Waals surface area contributed by atoms with Gasteiger partial charge in [0, 0.05) is 23.6 Å². The molecule has 1 aromatic heterocycles. The molecule has 1 amide bonds. The summed E-state index contributed by atoms with van der Waals surface area (Å²) in [6.07, 6.45) is 5.23. The average molecular weight is 347 g/mol. The first-order valence-electron chi connectivity index (χ1n) is 8.78. The number of rotatable bonds is 3. The van der Waals surface area contributed by atoms with Gasteiger partial charge < -0.3 is 14.2 Å². The number of hydrogen-bond donors (Lipinski definition) is 0. The highest BCUT2D eigenvalue weighted by molar-refractivity contribution is 5.95. The predicted octanol–water partition coefficient (Wildman–Crippen LogP) is 3.47. The third-order valence-corrected chi connectivity index (χ3v) is 4.76. The van der Waals surface area contributed by atoms with E-state index in [1.165, 1.54) is 0 Å². The van der Waals surface area contributed by atoms with Gasteiger partial charge in [0.05, 0.1) is 25.5 Å². The minimum atomic E-state index is -0.0896. The molecule has 0 spiro atoms. The van der Waals surface area contributed by atoms with Gasteiger partial charge in [-0.15, -0.1) is 0 Å². The Balaban J connectivity index is 1.57. The van der Waals surface area contributed by atoms with Gasteiger partial charge in [0.15, 0.2) is 0 Å². The molecule has 1 aliphatic heterocycles. The monoisotopic (exact) mass is 347 g/mol. The molecule has 5 nitrogen and oxygen atoms in total. The Kier molecular flexibility index (Phi) is 4.54. The van der Waals surface area contributed by atoms with Crippen molar-refractivity contribution < 1.29 is 9.53 Å². The van der Waals surface area contributed by atoms with E-state index >= 15 is 0 Å². The summed E-state index contributed by atoms with van der Waals surface area (Å²) >= 11 is 0. The van der Waals surface area contributed by atoms with E-state index in [0.29, 0.717) is 18.7 Å². The largest absolute Gasteiger partial charge is 0.370 e. The summed E-state index contributed by atoms with van der Waals surface area (Å²) in [5.74, 6) is 0.0312. The molecule has 4 rings (SSSR count). The molecule has 26 heavy (non-hydrogen) atoms. The second-order valence-corrected chi connectivity index (χ2v) is 6.56. The van der Waals surface area contributed by atoms with Crippen LogP contribution in [0.2, 0.25) is 0 Å². The van der Waals surface area contributed by atoms with E-state index in [1.54, 1.807) is 12.5 Å². The second kappa shape index (κ2) is 7.14. The van der Waals surface area contributed by atoms with Crippen LogP contribution in [0.3, 0.4) is 0 Å². The highest BCUT2D eigenvalue weighted by Crippen LogP contribution is 2.26. The van der Waals surface area contributed by atoms with Gasteiger partial charge in [-0.05, 0) is 30.7 Å². The van der Waals surface area contributed by atoms with Crippen LogP contribution in [0.1, 0.15) is 28.9 Å². The number of aromatic nitrogens is 2. The van der Waals surface area contributed by atoms with E-state index in [2.05, 4.69) is 4.98 Å². The Hall–Kier alpha value is -2.92. The summed E-state index contributed by atoms with van der Waals surface area (Å²) < 4.78 is 7.86. The van der Waals surface area contributed by atoms with E-state index < -0.39 is 0 Å². The molecule has 0 aliphatic carbocycles. The van der Waals surface area contributed by atoms with Crippen LogP contribution in [0, 0.1) is 0 Å². The van der Waals surface area contributed by atoms with Gasteiger partial charge in [-0.1, -0.05) is 36.4 Å². The number of ether oxygens (including phenoxy) is 1. The van der Waals surface area contributed by atoms with Crippen LogP contribution >= 0.6 is 0 Å². The summed E-state index contributed by atoms with van der Waals surface area (Å²) in [5, 5.41) is 0. The highest BCUT2D eigenvalue weighted by Gasteiger charge is 2.31. The van der Waals surface area contributed by atoms with Crippen molar-refractivity contribution in [2.75, 3.05) is 13.2 Å². The third-order valence-electron chi connectivity index (χ3n) is 4.76. The minimum Gasteiger partial charge on any atom is -0.370 e. The number of benzene rings is 2. The Labute approximate surface area is 152 Å². The van der Waals surface area contributed by atoms with Gasteiger partial charge in [0.1, 0.15) is 6.10 Å². The van der Waals surface area contributed by atoms with Crippen molar-refractivity contribution in [2.45, 2.75) is 19.1 Å². The average Bonchev–Trinajstić information content (AvgIpc) is 3.23. The summed E-state index contributed by atoms with van der Waals surface area (Å²) in [5.41, 5.74) is 2.70. The molecular formula is C21H21N3O2. The fraction of sp³-hybridized carbons (Fsp3) is 0.238.